The topological polar surface area (TPSA) is 84.7 Å². The van der Waals surface area contributed by atoms with Crippen molar-refractivity contribution in [3.8, 4) is 0 Å². The zero-order valence-corrected chi connectivity index (χ0v) is 16.7. The lowest BCUT2D eigenvalue weighted by Crippen LogP contribution is -2.41. The summed E-state index contributed by atoms with van der Waals surface area (Å²) in [6.07, 6.45) is 4.25. The highest BCUT2D eigenvalue weighted by atomic mass is 32.2. The summed E-state index contributed by atoms with van der Waals surface area (Å²) in [7, 11) is -4.08. The molecule has 1 aromatic heterocycles. The van der Waals surface area contributed by atoms with Crippen LogP contribution in [0.2, 0.25) is 0 Å². The Bertz CT molecular complexity index is 1160. The van der Waals surface area contributed by atoms with Gasteiger partial charge in [0.15, 0.2) is 0 Å². The first-order chi connectivity index (χ1) is 13.5. The molecule has 1 aliphatic rings. The first-order valence-corrected chi connectivity index (χ1v) is 11.4. The van der Waals surface area contributed by atoms with Crippen molar-refractivity contribution in [2.45, 2.75) is 37.0 Å². The zero-order chi connectivity index (χ0) is 19.7. The Hall–Kier alpha value is -2.45. The van der Waals surface area contributed by atoms with E-state index in [-0.39, 0.29) is 16.5 Å². The zero-order valence-electron chi connectivity index (χ0n) is 15.0. The fourth-order valence-corrected chi connectivity index (χ4v) is 5.78. The number of hydrogen-bond acceptors (Lipinski definition) is 6. The molecule has 1 fully saturated rings. The van der Waals surface area contributed by atoms with Crippen LogP contribution in [-0.2, 0) is 14.8 Å². The van der Waals surface area contributed by atoms with Crippen LogP contribution in [0.15, 0.2) is 62.6 Å². The third-order valence-electron chi connectivity index (χ3n) is 4.98. The monoisotopic (exact) mass is 417 g/mol. The van der Waals surface area contributed by atoms with Crippen LogP contribution in [0.5, 0.6) is 0 Å². The Balaban J connectivity index is 1.84. The van der Waals surface area contributed by atoms with Crippen LogP contribution in [0.4, 0.5) is 5.69 Å². The largest absolute Gasteiger partial charge is 0.414 e. The van der Waals surface area contributed by atoms with Gasteiger partial charge in [-0.2, -0.15) is 0 Å². The predicted octanol–water partition coefficient (Wildman–Crippen LogP) is 4.16. The molecule has 6 nitrogen and oxygen atoms in total. The van der Waals surface area contributed by atoms with Gasteiger partial charge in [0.1, 0.15) is 5.58 Å². The molecule has 3 aromatic rings. The highest BCUT2D eigenvalue weighted by molar-refractivity contribution is 7.93. The number of nitrogens with zero attached hydrogens (tertiary/aromatic N) is 1. The molecule has 0 aliphatic heterocycles. The first kappa shape index (κ1) is 18.9. The standard InChI is InChI=1S/C20H19NO5S2/c22-19(14-7-3-1-4-8-14)21(28(24,25)16-9-5-2-6-10-16)15-11-12-17-18(13-15)27-20(23)26-17/h2,5-6,9-14H,1,3-4,7-8H2. The van der Waals surface area contributed by atoms with Gasteiger partial charge < -0.3 is 4.42 Å². The summed E-state index contributed by atoms with van der Waals surface area (Å²) in [5.74, 6) is -0.746. The summed E-state index contributed by atoms with van der Waals surface area (Å²) in [5.41, 5.74) is 0.602. The summed E-state index contributed by atoms with van der Waals surface area (Å²) in [4.78, 5) is 24.4. The second-order valence-electron chi connectivity index (χ2n) is 6.84. The molecule has 0 spiro atoms. The van der Waals surface area contributed by atoms with E-state index in [0.717, 1.165) is 34.9 Å². The molecular weight excluding hydrogens is 398 g/mol. The van der Waals surface area contributed by atoms with Gasteiger partial charge in [-0.15, -0.1) is 0 Å². The molecule has 0 atom stereocenters. The van der Waals surface area contributed by atoms with Crippen LogP contribution in [0.1, 0.15) is 32.1 Å². The second kappa shape index (κ2) is 7.52. The average molecular weight is 418 g/mol. The Morgan fingerprint density at radius 1 is 1.04 bits per heavy atom. The summed E-state index contributed by atoms with van der Waals surface area (Å²) in [6, 6.07) is 12.5. The third kappa shape index (κ3) is 3.49. The number of hydrogen-bond donors (Lipinski definition) is 0. The highest BCUT2D eigenvalue weighted by Crippen LogP contribution is 2.33. The van der Waals surface area contributed by atoms with Gasteiger partial charge in [-0.3, -0.25) is 4.79 Å². The number of benzene rings is 2. The van der Waals surface area contributed by atoms with Gasteiger partial charge in [0.05, 0.1) is 15.3 Å². The molecule has 4 rings (SSSR count). The van der Waals surface area contributed by atoms with E-state index in [0.29, 0.717) is 23.1 Å². The lowest BCUT2D eigenvalue weighted by atomic mass is 9.88. The van der Waals surface area contributed by atoms with Crippen LogP contribution in [0.3, 0.4) is 0 Å². The third-order valence-corrected chi connectivity index (χ3v) is 7.51. The minimum Gasteiger partial charge on any atom is -0.414 e. The van der Waals surface area contributed by atoms with Crippen LogP contribution in [0.25, 0.3) is 10.3 Å². The Kier molecular flexibility index (Phi) is 5.07. The number of carbonyl (C=O) groups excluding carboxylic acids is 1. The van der Waals surface area contributed by atoms with Gasteiger partial charge >= 0.3 is 4.94 Å². The van der Waals surface area contributed by atoms with E-state index in [4.69, 9.17) is 4.42 Å². The molecule has 146 valence electrons. The van der Waals surface area contributed by atoms with Crippen LogP contribution in [0, 0.1) is 5.92 Å². The highest BCUT2D eigenvalue weighted by Gasteiger charge is 2.36. The van der Waals surface area contributed by atoms with E-state index in [9.17, 15) is 18.0 Å². The Labute approximate surface area is 166 Å². The molecule has 0 radical (unpaired) electrons. The Morgan fingerprint density at radius 3 is 2.46 bits per heavy atom. The minimum atomic E-state index is -4.08. The maximum atomic E-state index is 13.4. The molecule has 8 heteroatoms. The van der Waals surface area contributed by atoms with Crippen molar-refractivity contribution in [2.75, 3.05) is 4.31 Å². The first-order valence-electron chi connectivity index (χ1n) is 9.15. The minimum absolute atomic E-state index is 0.0552. The van der Waals surface area contributed by atoms with Gasteiger partial charge in [0.25, 0.3) is 10.0 Å². The quantitative estimate of drug-likeness (QED) is 0.636. The molecule has 0 saturated heterocycles. The molecule has 0 N–H and O–H groups in total. The van der Waals surface area contributed by atoms with Crippen molar-refractivity contribution in [3.63, 3.8) is 0 Å². The van der Waals surface area contributed by atoms with Crippen molar-refractivity contribution in [3.05, 3.63) is 58.3 Å². The summed E-state index contributed by atoms with van der Waals surface area (Å²) < 4.78 is 33.2. The molecule has 2 aromatic carbocycles. The molecule has 1 heterocycles. The predicted molar refractivity (Wildman–Crippen MR) is 108 cm³/mol. The lowest BCUT2D eigenvalue weighted by Gasteiger charge is -2.29. The smallest absolute Gasteiger partial charge is 0.396 e. The van der Waals surface area contributed by atoms with Crippen molar-refractivity contribution in [2.24, 2.45) is 5.92 Å². The number of sulfonamides is 1. The van der Waals surface area contributed by atoms with E-state index in [1.54, 1.807) is 18.2 Å². The van der Waals surface area contributed by atoms with Crippen LogP contribution >= 0.6 is 11.3 Å². The lowest BCUT2D eigenvalue weighted by molar-refractivity contribution is -0.122. The van der Waals surface area contributed by atoms with Crippen molar-refractivity contribution in [1.29, 1.82) is 0 Å². The van der Waals surface area contributed by atoms with Crippen molar-refractivity contribution in [1.82, 2.24) is 0 Å². The summed E-state index contributed by atoms with van der Waals surface area (Å²) in [5, 5.41) is 0. The van der Waals surface area contributed by atoms with Crippen molar-refractivity contribution >= 4 is 43.2 Å². The second-order valence-corrected chi connectivity index (χ2v) is 9.60. The average Bonchev–Trinajstić information content (AvgIpc) is 3.08. The fourth-order valence-electron chi connectivity index (χ4n) is 3.59. The maximum Gasteiger partial charge on any atom is 0.396 e. The van der Waals surface area contributed by atoms with E-state index in [1.807, 2.05) is 0 Å². The number of fused-ring (bicyclic) bond motifs is 1. The van der Waals surface area contributed by atoms with Crippen LogP contribution in [-0.4, -0.2) is 14.3 Å². The fraction of sp³-hybridized carbons (Fsp3) is 0.300. The Morgan fingerprint density at radius 2 is 1.75 bits per heavy atom. The maximum absolute atomic E-state index is 13.4. The normalized spacial score (nSPS) is 15.6. The number of anilines is 1. The SMILES string of the molecule is O=C(C1CCCCC1)N(c1ccc2oc(=O)sc2c1)S(=O)(=O)c1ccccc1. The molecule has 28 heavy (non-hydrogen) atoms. The molecule has 1 saturated carbocycles. The molecular formula is C20H19NO5S2. The number of amides is 1. The molecule has 1 aliphatic carbocycles. The van der Waals surface area contributed by atoms with Gasteiger partial charge in [0.2, 0.25) is 5.91 Å². The van der Waals surface area contributed by atoms with Crippen LogP contribution < -0.4 is 9.24 Å². The molecule has 0 bridgehead atoms. The van der Waals surface area contributed by atoms with E-state index < -0.39 is 20.9 Å². The van der Waals surface area contributed by atoms with E-state index >= 15 is 0 Å². The molecule has 1 amide bonds. The van der Waals surface area contributed by atoms with Gasteiger partial charge in [-0.25, -0.2) is 17.5 Å². The van der Waals surface area contributed by atoms with E-state index in [2.05, 4.69) is 0 Å². The summed E-state index contributed by atoms with van der Waals surface area (Å²) >= 11 is 0.882. The number of rotatable bonds is 4. The number of carbonyl (C=O) groups is 1. The summed E-state index contributed by atoms with van der Waals surface area (Å²) in [6.45, 7) is 0. The molecule has 0 unspecified atom stereocenters. The van der Waals surface area contributed by atoms with Gasteiger partial charge in [-0.05, 0) is 43.2 Å². The van der Waals surface area contributed by atoms with Crippen molar-refractivity contribution < 1.29 is 17.6 Å². The van der Waals surface area contributed by atoms with Gasteiger partial charge in [-0.1, -0.05) is 48.8 Å². The van der Waals surface area contributed by atoms with Gasteiger partial charge in [0, 0.05) is 5.92 Å². The van der Waals surface area contributed by atoms with E-state index in [1.165, 1.54) is 30.3 Å².